The van der Waals surface area contributed by atoms with Gasteiger partial charge >= 0.3 is 12.3 Å². The van der Waals surface area contributed by atoms with Crippen molar-refractivity contribution in [1.29, 1.82) is 0 Å². The fraction of sp³-hybridized carbons (Fsp3) is 0.300. The molecule has 1 heterocycles. The molecule has 0 aliphatic carbocycles. The second kappa shape index (κ2) is 3.99. The summed E-state index contributed by atoms with van der Waals surface area (Å²) in [6, 6.07) is 4.57. The van der Waals surface area contributed by atoms with Crippen LogP contribution >= 0.6 is 0 Å². The molecule has 92 valence electrons. The number of benzene rings is 1. The van der Waals surface area contributed by atoms with Gasteiger partial charge in [-0.1, -0.05) is 6.07 Å². The summed E-state index contributed by atoms with van der Waals surface area (Å²) in [5, 5.41) is 0. The maximum Gasteiger partial charge on any atom is 0.363 e. The second-order valence-corrected chi connectivity index (χ2v) is 3.56. The van der Waals surface area contributed by atoms with Crippen molar-refractivity contribution in [3.8, 4) is 0 Å². The molecule has 2 aromatic rings. The Bertz CT molecular complexity index is 535. The van der Waals surface area contributed by atoms with E-state index in [1.54, 1.807) is 6.07 Å². The van der Waals surface area contributed by atoms with E-state index in [9.17, 15) is 17.6 Å². The Hall–Kier alpha value is -1.63. The van der Waals surface area contributed by atoms with Gasteiger partial charge in [-0.05, 0) is 17.7 Å². The molecule has 0 saturated heterocycles. The number of halogens is 4. The fourth-order valence-corrected chi connectivity index (χ4v) is 1.44. The predicted octanol–water partition coefficient (Wildman–Crippen LogP) is 2.38. The first-order valence-electron chi connectivity index (χ1n) is 4.80. The lowest BCUT2D eigenvalue weighted by molar-refractivity contribution is -0.140. The summed E-state index contributed by atoms with van der Waals surface area (Å²) >= 11 is 0. The number of fused-ring (bicyclic) bond motifs is 1. The van der Waals surface area contributed by atoms with Crippen molar-refractivity contribution in [3.63, 3.8) is 0 Å². The van der Waals surface area contributed by atoms with Gasteiger partial charge in [-0.2, -0.15) is 8.78 Å². The molecule has 7 heteroatoms. The van der Waals surface area contributed by atoms with E-state index in [1.165, 1.54) is 12.1 Å². The molecule has 1 aromatic heterocycles. The molecule has 0 bridgehead atoms. The Morgan fingerprint density at radius 3 is 2.65 bits per heavy atom. The molecule has 0 fully saturated rings. The Kier molecular flexibility index (Phi) is 2.78. The Labute approximate surface area is 93.6 Å². The van der Waals surface area contributed by atoms with Crippen LogP contribution in [0.2, 0.25) is 0 Å². The third-order valence-electron chi connectivity index (χ3n) is 2.37. The molecule has 3 N–H and O–H groups in total. The Balaban J connectivity index is 2.51. The zero-order chi connectivity index (χ0) is 12.6. The molecular weight excluding hydrogens is 238 g/mol. The van der Waals surface area contributed by atoms with Crippen LogP contribution in [0.15, 0.2) is 18.2 Å². The molecule has 17 heavy (non-hydrogen) atoms. The lowest BCUT2D eigenvalue weighted by Crippen LogP contribution is -2.25. The van der Waals surface area contributed by atoms with Crippen LogP contribution in [0.4, 0.5) is 17.6 Å². The van der Waals surface area contributed by atoms with E-state index in [1.807, 2.05) is 0 Å². The molecule has 2 rings (SSSR count). The maximum absolute atomic E-state index is 13.0. The number of nitrogens with zero attached hydrogens (tertiary/aromatic N) is 1. The number of aromatic nitrogens is 2. The van der Waals surface area contributed by atoms with Crippen molar-refractivity contribution < 1.29 is 17.6 Å². The third kappa shape index (κ3) is 1.97. The summed E-state index contributed by atoms with van der Waals surface area (Å²) in [7, 11) is 0. The van der Waals surface area contributed by atoms with Crippen LogP contribution in [0.1, 0.15) is 11.4 Å². The van der Waals surface area contributed by atoms with Gasteiger partial charge in [-0.15, -0.1) is 0 Å². The summed E-state index contributed by atoms with van der Waals surface area (Å²) in [5.74, 6) is -5.31. The van der Waals surface area contributed by atoms with E-state index in [0.29, 0.717) is 5.56 Å². The summed E-state index contributed by atoms with van der Waals surface area (Å²) < 4.78 is 50.3. The normalized spacial score (nSPS) is 12.6. The number of imidazole rings is 1. The van der Waals surface area contributed by atoms with Crippen molar-refractivity contribution in [1.82, 2.24) is 9.97 Å². The molecule has 0 aliphatic rings. The first kappa shape index (κ1) is 11.8. The van der Waals surface area contributed by atoms with Gasteiger partial charge in [-0.25, -0.2) is 13.8 Å². The quantitative estimate of drug-likeness (QED) is 0.818. The van der Waals surface area contributed by atoms with Gasteiger partial charge in [0.25, 0.3) is 0 Å². The monoisotopic (exact) mass is 247 g/mol. The van der Waals surface area contributed by atoms with Gasteiger partial charge < -0.3 is 10.7 Å². The number of rotatable bonds is 3. The molecule has 0 amide bonds. The number of alkyl halides is 4. The molecule has 0 aliphatic heterocycles. The van der Waals surface area contributed by atoms with Gasteiger partial charge in [-0.3, -0.25) is 0 Å². The van der Waals surface area contributed by atoms with Gasteiger partial charge in [0.05, 0.1) is 11.0 Å². The number of hydrogen-bond acceptors (Lipinski definition) is 2. The molecule has 1 aromatic carbocycles. The minimum atomic E-state index is -4.28. The standard InChI is InChI=1S/C10H9F4N3/c11-8(12)10(13,14)9-16-6-2-1-5(4-15)3-7(6)17-9/h1-3,8H,4,15H2,(H,16,17). The highest BCUT2D eigenvalue weighted by atomic mass is 19.3. The van der Waals surface area contributed by atoms with Crippen molar-refractivity contribution in [2.75, 3.05) is 0 Å². The smallest absolute Gasteiger partial charge is 0.337 e. The Morgan fingerprint density at radius 2 is 2.06 bits per heavy atom. The minimum Gasteiger partial charge on any atom is -0.337 e. The largest absolute Gasteiger partial charge is 0.363 e. The van der Waals surface area contributed by atoms with Crippen molar-refractivity contribution in [3.05, 3.63) is 29.6 Å². The topological polar surface area (TPSA) is 54.7 Å². The number of hydrogen-bond donors (Lipinski definition) is 2. The van der Waals surface area contributed by atoms with Crippen LogP contribution in [0.3, 0.4) is 0 Å². The average Bonchev–Trinajstić information content (AvgIpc) is 2.71. The number of H-pyrrole nitrogens is 1. The molecular formula is C10H9F4N3. The average molecular weight is 247 g/mol. The second-order valence-electron chi connectivity index (χ2n) is 3.56. The van der Waals surface area contributed by atoms with Crippen LogP contribution < -0.4 is 5.73 Å². The van der Waals surface area contributed by atoms with Crippen LogP contribution in [-0.2, 0) is 12.5 Å². The van der Waals surface area contributed by atoms with Crippen molar-refractivity contribution >= 4 is 11.0 Å². The van der Waals surface area contributed by atoms with Crippen LogP contribution in [0.5, 0.6) is 0 Å². The lowest BCUT2D eigenvalue weighted by atomic mass is 10.2. The molecule has 3 nitrogen and oxygen atoms in total. The van der Waals surface area contributed by atoms with E-state index >= 15 is 0 Å². The summed E-state index contributed by atoms with van der Waals surface area (Å²) in [5.41, 5.74) is 6.55. The molecule has 0 unspecified atom stereocenters. The number of nitrogens with two attached hydrogens (primary N) is 1. The molecule has 0 radical (unpaired) electrons. The summed E-state index contributed by atoms with van der Waals surface area (Å²) in [4.78, 5) is 5.65. The lowest BCUT2D eigenvalue weighted by Gasteiger charge is -2.11. The van der Waals surface area contributed by atoms with Gasteiger partial charge in [0.2, 0.25) is 0 Å². The molecule has 0 atom stereocenters. The summed E-state index contributed by atoms with van der Waals surface area (Å²) in [6.07, 6.45) is -3.79. The van der Waals surface area contributed by atoms with Gasteiger partial charge in [0.1, 0.15) is 0 Å². The number of aromatic amines is 1. The van der Waals surface area contributed by atoms with E-state index in [4.69, 9.17) is 5.73 Å². The van der Waals surface area contributed by atoms with Crippen molar-refractivity contribution in [2.24, 2.45) is 5.73 Å². The zero-order valence-corrected chi connectivity index (χ0v) is 8.55. The fourth-order valence-electron chi connectivity index (χ4n) is 1.44. The van der Waals surface area contributed by atoms with E-state index < -0.39 is 18.2 Å². The molecule has 0 spiro atoms. The first-order valence-corrected chi connectivity index (χ1v) is 4.80. The highest BCUT2D eigenvalue weighted by molar-refractivity contribution is 5.76. The van der Waals surface area contributed by atoms with Crippen LogP contribution in [0.25, 0.3) is 11.0 Å². The third-order valence-corrected chi connectivity index (χ3v) is 2.37. The van der Waals surface area contributed by atoms with Crippen LogP contribution in [0, 0.1) is 0 Å². The summed E-state index contributed by atoms with van der Waals surface area (Å²) in [6.45, 7) is 0.232. The Morgan fingerprint density at radius 1 is 1.35 bits per heavy atom. The SMILES string of the molecule is NCc1ccc2nc(C(F)(F)C(F)F)[nH]c2c1. The van der Waals surface area contributed by atoms with E-state index in [-0.39, 0.29) is 17.6 Å². The predicted molar refractivity (Wildman–Crippen MR) is 53.9 cm³/mol. The zero-order valence-electron chi connectivity index (χ0n) is 8.55. The van der Waals surface area contributed by atoms with Gasteiger partial charge in [0, 0.05) is 6.54 Å². The highest BCUT2D eigenvalue weighted by Gasteiger charge is 2.45. The highest BCUT2D eigenvalue weighted by Crippen LogP contribution is 2.33. The van der Waals surface area contributed by atoms with E-state index in [0.717, 1.165) is 0 Å². The first-order chi connectivity index (χ1) is 7.95. The number of nitrogens with one attached hydrogen (secondary N) is 1. The van der Waals surface area contributed by atoms with E-state index in [2.05, 4.69) is 9.97 Å². The van der Waals surface area contributed by atoms with Crippen LogP contribution in [-0.4, -0.2) is 16.4 Å². The van der Waals surface area contributed by atoms with Gasteiger partial charge in [0.15, 0.2) is 5.82 Å². The molecule has 0 saturated carbocycles. The minimum absolute atomic E-state index is 0.206. The van der Waals surface area contributed by atoms with Crippen molar-refractivity contribution in [2.45, 2.75) is 18.9 Å². The maximum atomic E-state index is 13.0.